The Morgan fingerprint density at radius 2 is 1.71 bits per heavy atom. The lowest BCUT2D eigenvalue weighted by Gasteiger charge is -2.08. The van der Waals surface area contributed by atoms with E-state index in [9.17, 15) is 0 Å². The predicted octanol–water partition coefficient (Wildman–Crippen LogP) is 3.59. The van der Waals surface area contributed by atoms with Gasteiger partial charge in [-0.1, -0.05) is 13.8 Å². The highest BCUT2D eigenvalue weighted by atomic mass is 16.5. The second-order valence-corrected chi connectivity index (χ2v) is 4.72. The Hall–Kier alpha value is -2.30. The molecule has 0 spiro atoms. The van der Waals surface area contributed by atoms with Crippen LogP contribution < -0.4 is 15.2 Å². The molecular formula is C16H21N3O2. The quantitative estimate of drug-likeness (QED) is 0.842. The molecule has 0 saturated heterocycles. The van der Waals surface area contributed by atoms with Crippen molar-refractivity contribution in [3.63, 3.8) is 0 Å². The van der Waals surface area contributed by atoms with Crippen LogP contribution in [-0.4, -0.2) is 16.6 Å². The van der Waals surface area contributed by atoms with Crippen LogP contribution in [-0.2, 0) is 6.42 Å². The SMILES string of the molecule is CCCOc1ccc(Oc2cc(N)nc(CCC)n2)cc1. The summed E-state index contributed by atoms with van der Waals surface area (Å²) in [6, 6.07) is 9.08. The Bertz CT molecular complexity index is 570. The second-order valence-electron chi connectivity index (χ2n) is 4.72. The zero-order valence-corrected chi connectivity index (χ0v) is 12.5. The smallest absolute Gasteiger partial charge is 0.224 e. The lowest BCUT2D eigenvalue weighted by molar-refractivity contribution is 0.317. The minimum atomic E-state index is 0.423. The van der Waals surface area contributed by atoms with Crippen LogP contribution in [0.5, 0.6) is 17.4 Å². The second kappa shape index (κ2) is 7.47. The average Bonchev–Trinajstić information content (AvgIpc) is 2.46. The minimum Gasteiger partial charge on any atom is -0.494 e. The van der Waals surface area contributed by atoms with E-state index in [-0.39, 0.29) is 0 Å². The number of benzene rings is 1. The van der Waals surface area contributed by atoms with E-state index in [0.717, 1.165) is 25.0 Å². The van der Waals surface area contributed by atoms with Gasteiger partial charge >= 0.3 is 0 Å². The van der Waals surface area contributed by atoms with Gasteiger partial charge in [0.05, 0.1) is 6.61 Å². The summed E-state index contributed by atoms with van der Waals surface area (Å²) >= 11 is 0. The summed E-state index contributed by atoms with van der Waals surface area (Å²) < 4.78 is 11.2. The van der Waals surface area contributed by atoms with Gasteiger partial charge in [0.25, 0.3) is 0 Å². The molecule has 0 fully saturated rings. The number of aromatic nitrogens is 2. The van der Waals surface area contributed by atoms with Gasteiger partial charge in [-0.05, 0) is 37.1 Å². The molecule has 5 nitrogen and oxygen atoms in total. The Morgan fingerprint density at radius 3 is 2.38 bits per heavy atom. The normalized spacial score (nSPS) is 10.4. The molecule has 0 saturated carbocycles. The topological polar surface area (TPSA) is 70.3 Å². The number of nitrogens with zero attached hydrogens (tertiary/aromatic N) is 2. The van der Waals surface area contributed by atoms with Crippen LogP contribution in [0.15, 0.2) is 30.3 Å². The lowest BCUT2D eigenvalue weighted by atomic mass is 10.3. The summed E-state index contributed by atoms with van der Waals surface area (Å²) in [7, 11) is 0. The molecule has 0 aliphatic heterocycles. The summed E-state index contributed by atoms with van der Waals surface area (Å²) in [6.45, 7) is 4.86. The summed E-state index contributed by atoms with van der Waals surface area (Å²) in [5.41, 5.74) is 5.77. The van der Waals surface area contributed by atoms with Gasteiger partial charge in [0.1, 0.15) is 23.1 Å². The van der Waals surface area contributed by atoms with Gasteiger partial charge in [0.15, 0.2) is 0 Å². The van der Waals surface area contributed by atoms with Gasteiger partial charge in [-0.2, -0.15) is 4.98 Å². The third-order valence-corrected chi connectivity index (χ3v) is 2.76. The maximum atomic E-state index is 5.77. The zero-order chi connectivity index (χ0) is 15.1. The Morgan fingerprint density at radius 1 is 1.00 bits per heavy atom. The van der Waals surface area contributed by atoms with Crippen molar-refractivity contribution < 1.29 is 9.47 Å². The van der Waals surface area contributed by atoms with E-state index in [0.29, 0.717) is 29.9 Å². The zero-order valence-electron chi connectivity index (χ0n) is 12.5. The molecule has 0 aliphatic carbocycles. The molecule has 5 heteroatoms. The summed E-state index contributed by atoms with van der Waals surface area (Å²) in [4.78, 5) is 8.53. The first kappa shape index (κ1) is 15.1. The van der Waals surface area contributed by atoms with Crippen LogP contribution in [0.2, 0.25) is 0 Å². The number of anilines is 1. The number of nitrogen functional groups attached to an aromatic ring is 1. The molecular weight excluding hydrogens is 266 g/mol. The van der Waals surface area contributed by atoms with Crippen LogP contribution in [0.4, 0.5) is 5.82 Å². The van der Waals surface area contributed by atoms with Crippen molar-refractivity contribution in [2.45, 2.75) is 33.1 Å². The van der Waals surface area contributed by atoms with E-state index in [1.807, 2.05) is 24.3 Å². The number of hydrogen-bond donors (Lipinski definition) is 1. The summed E-state index contributed by atoms with van der Waals surface area (Å²) in [6.07, 6.45) is 2.73. The van der Waals surface area contributed by atoms with Crippen LogP contribution in [0.25, 0.3) is 0 Å². The van der Waals surface area contributed by atoms with Crippen LogP contribution in [0.1, 0.15) is 32.5 Å². The molecule has 0 amide bonds. The lowest BCUT2D eigenvalue weighted by Crippen LogP contribution is -2.01. The fraction of sp³-hybridized carbons (Fsp3) is 0.375. The third kappa shape index (κ3) is 4.63. The van der Waals surface area contributed by atoms with Gasteiger partial charge in [0.2, 0.25) is 5.88 Å². The van der Waals surface area contributed by atoms with E-state index in [1.165, 1.54) is 0 Å². The molecule has 21 heavy (non-hydrogen) atoms. The molecule has 112 valence electrons. The molecule has 0 unspecified atom stereocenters. The number of nitrogens with two attached hydrogens (primary N) is 1. The van der Waals surface area contributed by atoms with Crippen molar-refractivity contribution >= 4 is 5.82 Å². The molecule has 0 radical (unpaired) electrons. The molecule has 1 heterocycles. The van der Waals surface area contributed by atoms with E-state index in [1.54, 1.807) is 6.07 Å². The van der Waals surface area contributed by atoms with E-state index >= 15 is 0 Å². The van der Waals surface area contributed by atoms with E-state index < -0.39 is 0 Å². The molecule has 2 N–H and O–H groups in total. The highest BCUT2D eigenvalue weighted by Gasteiger charge is 2.05. The molecule has 1 aromatic heterocycles. The van der Waals surface area contributed by atoms with Gasteiger partial charge < -0.3 is 15.2 Å². The summed E-state index contributed by atoms with van der Waals surface area (Å²) in [5.74, 6) is 3.12. The minimum absolute atomic E-state index is 0.423. The average molecular weight is 287 g/mol. The first-order chi connectivity index (χ1) is 10.2. The first-order valence-electron chi connectivity index (χ1n) is 7.25. The van der Waals surface area contributed by atoms with E-state index in [2.05, 4.69) is 23.8 Å². The van der Waals surface area contributed by atoms with Gasteiger partial charge in [-0.15, -0.1) is 0 Å². The van der Waals surface area contributed by atoms with E-state index in [4.69, 9.17) is 15.2 Å². The van der Waals surface area contributed by atoms with Crippen LogP contribution >= 0.6 is 0 Å². The maximum Gasteiger partial charge on any atom is 0.224 e. The molecule has 0 atom stereocenters. The fourth-order valence-electron chi connectivity index (χ4n) is 1.82. The molecule has 1 aromatic carbocycles. The third-order valence-electron chi connectivity index (χ3n) is 2.76. The van der Waals surface area contributed by atoms with Crippen molar-refractivity contribution in [1.82, 2.24) is 9.97 Å². The Kier molecular flexibility index (Phi) is 5.37. The fourth-order valence-corrected chi connectivity index (χ4v) is 1.82. The first-order valence-corrected chi connectivity index (χ1v) is 7.25. The van der Waals surface area contributed by atoms with Crippen LogP contribution in [0.3, 0.4) is 0 Å². The van der Waals surface area contributed by atoms with Gasteiger partial charge in [-0.3, -0.25) is 0 Å². The van der Waals surface area contributed by atoms with Crippen molar-refractivity contribution in [2.75, 3.05) is 12.3 Å². The number of hydrogen-bond acceptors (Lipinski definition) is 5. The standard InChI is InChI=1S/C16H21N3O2/c1-3-5-15-18-14(17)11-16(19-15)21-13-8-6-12(7-9-13)20-10-4-2/h6-9,11H,3-5,10H2,1-2H3,(H2,17,18,19). The summed E-state index contributed by atoms with van der Waals surface area (Å²) in [5, 5.41) is 0. The number of aryl methyl sites for hydroxylation is 1. The monoisotopic (exact) mass is 287 g/mol. The largest absolute Gasteiger partial charge is 0.494 e. The molecule has 0 aliphatic rings. The van der Waals surface area contributed by atoms with Crippen molar-refractivity contribution in [3.05, 3.63) is 36.2 Å². The van der Waals surface area contributed by atoms with Crippen molar-refractivity contribution in [1.29, 1.82) is 0 Å². The van der Waals surface area contributed by atoms with Crippen LogP contribution in [0, 0.1) is 0 Å². The molecule has 0 bridgehead atoms. The highest BCUT2D eigenvalue weighted by Crippen LogP contribution is 2.23. The predicted molar refractivity (Wildman–Crippen MR) is 82.7 cm³/mol. The highest BCUT2D eigenvalue weighted by molar-refractivity contribution is 5.37. The molecule has 2 aromatic rings. The molecule has 2 rings (SSSR count). The Balaban J connectivity index is 2.07. The number of rotatable bonds is 7. The van der Waals surface area contributed by atoms with Gasteiger partial charge in [0, 0.05) is 12.5 Å². The maximum absolute atomic E-state index is 5.77. The van der Waals surface area contributed by atoms with Crippen molar-refractivity contribution in [3.8, 4) is 17.4 Å². The van der Waals surface area contributed by atoms with Gasteiger partial charge in [-0.25, -0.2) is 4.98 Å². The number of ether oxygens (including phenoxy) is 2. The Labute approximate surface area is 125 Å². The van der Waals surface area contributed by atoms with Crippen molar-refractivity contribution in [2.24, 2.45) is 0 Å².